The number of esters is 1. The first-order valence-electron chi connectivity index (χ1n) is 8.57. The fourth-order valence-electron chi connectivity index (χ4n) is 2.59. The number of nitrogens with zero attached hydrogens (tertiary/aromatic N) is 1. The number of nitrogens with one attached hydrogen (secondary N) is 1. The van der Waals surface area contributed by atoms with Gasteiger partial charge in [-0.15, -0.1) is 0 Å². The quantitative estimate of drug-likeness (QED) is 0.616. The van der Waals surface area contributed by atoms with E-state index in [-0.39, 0.29) is 5.56 Å². The summed E-state index contributed by atoms with van der Waals surface area (Å²) in [5.74, 6) is 0.975. The van der Waals surface area contributed by atoms with E-state index in [4.69, 9.17) is 9.47 Å². The molecule has 0 radical (unpaired) electrons. The van der Waals surface area contributed by atoms with Crippen LogP contribution in [0.5, 0.6) is 11.5 Å². The molecule has 0 amide bonds. The Labute approximate surface area is 147 Å². The van der Waals surface area contributed by atoms with E-state index in [0.29, 0.717) is 47.9 Å². The summed E-state index contributed by atoms with van der Waals surface area (Å²) in [6, 6.07) is 5.05. The smallest absolute Gasteiger partial charge is 0.308 e. The number of ether oxygens (including phenoxy) is 2. The number of carbonyl (C=O) groups is 1. The van der Waals surface area contributed by atoms with Crippen molar-refractivity contribution >= 4 is 5.97 Å². The van der Waals surface area contributed by atoms with Crippen molar-refractivity contribution in [1.82, 2.24) is 9.97 Å². The molecule has 2 aromatic rings. The monoisotopic (exact) mass is 344 g/mol. The second-order valence-corrected chi connectivity index (χ2v) is 5.65. The zero-order valence-electron chi connectivity index (χ0n) is 15.1. The van der Waals surface area contributed by atoms with E-state index in [1.54, 1.807) is 18.2 Å². The van der Waals surface area contributed by atoms with Gasteiger partial charge in [0.25, 0.3) is 5.56 Å². The number of rotatable bonds is 7. The molecule has 0 atom stereocenters. The van der Waals surface area contributed by atoms with Crippen LogP contribution < -0.4 is 15.0 Å². The molecule has 0 saturated carbocycles. The Morgan fingerprint density at radius 2 is 1.96 bits per heavy atom. The molecule has 0 spiro atoms. The molecule has 0 fully saturated rings. The largest absolute Gasteiger partial charge is 0.493 e. The van der Waals surface area contributed by atoms with Gasteiger partial charge >= 0.3 is 5.97 Å². The first-order valence-corrected chi connectivity index (χ1v) is 8.57. The molecule has 1 N–H and O–H groups in total. The summed E-state index contributed by atoms with van der Waals surface area (Å²) in [6.45, 7) is 7.79. The molecule has 0 aliphatic carbocycles. The number of aryl methyl sites for hydroxylation is 1. The summed E-state index contributed by atoms with van der Waals surface area (Å²) in [5.41, 5.74) is 1.91. The molecule has 0 aliphatic heterocycles. The van der Waals surface area contributed by atoms with Crippen molar-refractivity contribution in [3.05, 3.63) is 39.8 Å². The maximum atomic E-state index is 12.4. The van der Waals surface area contributed by atoms with Gasteiger partial charge in [0.15, 0.2) is 0 Å². The summed E-state index contributed by atoms with van der Waals surface area (Å²) in [6.07, 6.45) is 2.14. The van der Waals surface area contributed by atoms with Crippen molar-refractivity contribution in [3.8, 4) is 22.9 Å². The summed E-state index contributed by atoms with van der Waals surface area (Å²) >= 11 is 0. The topological polar surface area (TPSA) is 81.3 Å². The number of carbonyl (C=O) groups excluding carboxylic acids is 1. The summed E-state index contributed by atoms with van der Waals surface area (Å²) < 4.78 is 10.9. The molecule has 2 rings (SSSR count). The van der Waals surface area contributed by atoms with E-state index in [2.05, 4.69) is 9.97 Å². The van der Waals surface area contributed by atoms with Gasteiger partial charge in [-0.1, -0.05) is 20.8 Å². The molecule has 0 unspecified atom stereocenters. The van der Waals surface area contributed by atoms with Gasteiger partial charge in [-0.3, -0.25) is 9.59 Å². The molecule has 6 heteroatoms. The lowest BCUT2D eigenvalue weighted by Crippen LogP contribution is -2.18. The van der Waals surface area contributed by atoms with Gasteiger partial charge in [-0.25, -0.2) is 4.98 Å². The zero-order chi connectivity index (χ0) is 18.4. The standard InChI is InChI=1S/C19H24N2O4/c1-5-10-24-17-9-8-13(25-12(4)22)11-15(17)18-20-16(7-3)14(6-2)19(23)21-18/h8-9,11H,5-7,10H2,1-4H3,(H,20,21,23). The van der Waals surface area contributed by atoms with Crippen LogP contribution in [0.1, 0.15) is 45.4 Å². The van der Waals surface area contributed by atoms with Crippen LogP contribution >= 0.6 is 0 Å². The Bertz CT molecular complexity index is 812. The molecule has 0 bridgehead atoms. The summed E-state index contributed by atoms with van der Waals surface area (Å²) in [4.78, 5) is 31.1. The molecular weight excluding hydrogens is 320 g/mol. The molecule has 25 heavy (non-hydrogen) atoms. The molecule has 1 aromatic heterocycles. The fraction of sp³-hybridized carbons (Fsp3) is 0.421. The molecule has 0 saturated heterocycles. The average Bonchev–Trinajstić information content (AvgIpc) is 2.59. The number of benzene rings is 1. The number of H-pyrrole nitrogens is 1. The lowest BCUT2D eigenvalue weighted by Gasteiger charge is -2.14. The van der Waals surface area contributed by atoms with Gasteiger partial charge < -0.3 is 14.5 Å². The lowest BCUT2D eigenvalue weighted by atomic mass is 10.1. The van der Waals surface area contributed by atoms with E-state index in [1.807, 2.05) is 20.8 Å². The second-order valence-electron chi connectivity index (χ2n) is 5.65. The predicted octanol–water partition coefficient (Wildman–Crippen LogP) is 3.28. The van der Waals surface area contributed by atoms with Crippen molar-refractivity contribution in [2.75, 3.05) is 6.61 Å². The van der Waals surface area contributed by atoms with Crippen molar-refractivity contribution in [3.63, 3.8) is 0 Å². The van der Waals surface area contributed by atoms with Gasteiger partial charge in [-0.05, 0) is 37.5 Å². The summed E-state index contributed by atoms with van der Waals surface area (Å²) in [5, 5.41) is 0. The van der Waals surface area contributed by atoms with Crippen LogP contribution in [-0.2, 0) is 17.6 Å². The van der Waals surface area contributed by atoms with E-state index in [0.717, 1.165) is 12.1 Å². The highest BCUT2D eigenvalue weighted by molar-refractivity contribution is 5.72. The van der Waals surface area contributed by atoms with Crippen molar-refractivity contribution in [2.45, 2.75) is 47.0 Å². The van der Waals surface area contributed by atoms with Gasteiger partial charge in [0, 0.05) is 12.5 Å². The van der Waals surface area contributed by atoms with Crippen LogP contribution in [0.25, 0.3) is 11.4 Å². The van der Waals surface area contributed by atoms with E-state index >= 15 is 0 Å². The molecule has 0 aliphatic rings. The Morgan fingerprint density at radius 3 is 2.56 bits per heavy atom. The minimum Gasteiger partial charge on any atom is -0.493 e. The zero-order valence-corrected chi connectivity index (χ0v) is 15.1. The fourth-order valence-corrected chi connectivity index (χ4v) is 2.59. The first-order chi connectivity index (χ1) is 12.0. The highest BCUT2D eigenvalue weighted by Gasteiger charge is 2.15. The minimum atomic E-state index is -0.412. The van der Waals surface area contributed by atoms with E-state index in [1.165, 1.54) is 6.92 Å². The third-order valence-electron chi connectivity index (χ3n) is 3.72. The van der Waals surface area contributed by atoms with Gasteiger partial charge in [-0.2, -0.15) is 0 Å². The van der Waals surface area contributed by atoms with Gasteiger partial charge in [0.2, 0.25) is 0 Å². The Morgan fingerprint density at radius 1 is 1.20 bits per heavy atom. The van der Waals surface area contributed by atoms with Crippen molar-refractivity contribution in [1.29, 1.82) is 0 Å². The lowest BCUT2D eigenvalue weighted by molar-refractivity contribution is -0.131. The van der Waals surface area contributed by atoms with Crippen molar-refractivity contribution in [2.24, 2.45) is 0 Å². The highest BCUT2D eigenvalue weighted by Crippen LogP contribution is 2.32. The van der Waals surface area contributed by atoms with Crippen LogP contribution in [0, 0.1) is 0 Å². The van der Waals surface area contributed by atoms with Crippen LogP contribution in [0.3, 0.4) is 0 Å². The number of aromatic amines is 1. The number of hydrogen-bond acceptors (Lipinski definition) is 5. The van der Waals surface area contributed by atoms with E-state index < -0.39 is 5.97 Å². The molecule has 1 heterocycles. The highest BCUT2D eigenvalue weighted by atomic mass is 16.5. The minimum absolute atomic E-state index is 0.149. The maximum Gasteiger partial charge on any atom is 0.308 e. The van der Waals surface area contributed by atoms with Gasteiger partial charge in [0.1, 0.15) is 17.3 Å². The SMILES string of the molecule is CCCOc1ccc(OC(C)=O)cc1-c1nc(CC)c(CC)c(=O)[nH]1. The molecule has 1 aromatic carbocycles. The predicted molar refractivity (Wildman–Crippen MR) is 96.1 cm³/mol. The summed E-state index contributed by atoms with van der Waals surface area (Å²) in [7, 11) is 0. The third kappa shape index (κ3) is 4.47. The Balaban J connectivity index is 2.59. The number of hydrogen-bond donors (Lipinski definition) is 1. The Kier molecular flexibility index (Phi) is 6.33. The van der Waals surface area contributed by atoms with E-state index in [9.17, 15) is 9.59 Å². The first kappa shape index (κ1) is 18.7. The van der Waals surface area contributed by atoms with Crippen LogP contribution in [0.2, 0.25) is 0 Å². The van der Waals surface area contributed by atoms with Gasteiger partial charge in [0.05, 0.1) is 17.9 Å². The van der Waals surface area contributed by atoms with Crippen molar-refractivity contribution < 1.29 is 14.3 Å². The average molecular weight is 344 g/mol. The van der Waals surface area contributed by atoms with Crippen LogP contribution in [0.15, 0.2) is 23.0 Å². The van der Waals surface area contributed by atoms with Crippen LogP contribution in [-0.4, -0.2) is 22.5 Å². The second kappa shape index (κ2) is 8.46. The van der Waals surface area contributed by atoms with Crippen LogP contribution in [0.4, 0.5) is 0 Å². The Hall–Kier alpha value is -2.63. The third-order valence-corrected chi connectivity index (χ3v) is 3.72. The number of aromatic nitrogens is 2. The normalized spacial score (nSPS) is 10.6. The maximum absolute atomic E-state index is 12.4. The molecule has 6 nitrogen and oxygen atoms in total. The molecule has 134 valence electrons. The molecular formula is C19H24N2O4.